The van der Waals surface area contributed by atoms with Crippen LogP contribution >= 0.6 is 0 Å². The Morgan fingerprint density at radius 2 is 1.83 bits per heavy atom. The smallest absolute Gasteiger partial charge is 0.123 e. The molecule has 0 aliphatic carbocycles. The molecule has 2 atom stereocenters. The Morgan fingerprint density at radius 3 is 2.39 bits per heavy atom. The number of nitrogens with two attached hydrogens (primary N) is 1. The fourth-order valence-corrected chi connectivity index (χ4v) is 2.87. The molecule has 0 spiro atoms. The molecule has 2 nitrogen and oxygen atoms in total. The van der Waals surface area contributed by atoms with Gasteiger partial charge < -0.3 is 5.73 Å². The lowest BCUT2D eigenvalue weighted by molar-refractivity contribution is 0.0384. The van der Waals surface area contributed by atoms with Crippen LogP contribution in [0.3, 0.4) is 0 Å². The van der Waals surface area contributed by atoms with Gasteiger partial charge in [0.15, 0.2) is 0 Å². The first-order valence-corrected chi connectivity index (χ1v) is 6.67. The number of benzene rings is 1. The lowest BCUT2D eigenvalue weighted by Gasteiger charge is -2.47. The Balaban J connectivity index is 2.33. The minimum absolute atomic E-state index is 0.0804. The number of rotatable bonds is 1. The van der Waals surface area contributed by atoms with Gasteiger partial charge in [-0.15, -0.1) is 0 Å². The maximum absolute atomic E-state index is 13.0. The second kappa shape index (κ2) is 4.98. The fourth-order valence-electron chi connectivity index (χ4n) is 2.87. The van der Waals surface area contributed by atoms with Crippen LogP contribution in [0.5, 0.6) is 0 Å². The van der Waals surface area contributed by atoms with Gasteiger partial charge in [-0.25, -0.2) is 4.39 Å². The molecule has 1 aliphatic heterocycles. The lowest BCUT2D eigenvalue weighted by Crippen LogP contribution is -2.53. The van der Waals surface area contributed by atoms with Crippen LogP contribution in [0, 0.1) is 5.82 Å². The van der Waals surface area contributed by atoms with Gasteiger partial charge in [0.05, 0.1) is 6.04 Å². The van der Waals surface area contributed by atoms with Crippen molar-refractivity contribution in [3.05, 3.63) is 35.6 Å². The van der Waals surface area contributed by atoms with Crippen molar-refractivity contribution in [3.63, 3.8) is 0 Å². The van der Waals surface area contributed by atoms with Gasteiger partial charge in [-0.1, -0.05) is 12.1 Å². The van der Waals surface area contributed by atoms with Crippen LogP contribution < -0.4 is 5.73 Å². The van der Waals surface area contributed by atoms with E-state index in [0.717, 1.165) is 24.9 Å². The molecule has 0 bridgehead atoms. The quantitative estimate of drug-likeness (QED) is 0.830. The first-order chi connectivity index (χ1) is 8.39. The third-order valence-corrected chi connectivity index (χ3v) is 3.75. The summed E-state index contributed by atoms with van der Waals surface area (Å²) in [5, 5.41) is 0. The zero-order valence-corrected chi connectivity index (χ0v) is 11.5. The third-order valence-electron chi connectivity index (χ3n) is 3.75. The molecule has 1 saturated heterocycles. The summed E-state index contributed by atoms with van der Waals surface area (Å²) in [7, 11) is 0. The lowest BCUT2D eigenvalue weighted by atomic mass is 9.87. The summed E-state index contributed by atoms with van der Waals surface area (Å²) in [6.07, 6.45) is 2.17. The van der Waals surface area contributed by atoms with Gasteiger partial charge in [0.25, 0.3) is 0 Å². The van der Waals surface area contributed by atoms with E-state index in [1.165, 1.54) is 12.1 Å². The first kappa shape index (κ1) is 13.5. The monoisotopic (exact) mass is 250 g/mol. The molecule has 2 N–H and O–H groups in total. The SMILES string of the molecule is CC(C)(C)N1CCCC(N)C1c1ccc(F)cc1. The van der Waals surface area contributed by atoms with Crippen LogP contribution in [-0.4, -0.2) is 23.0 Å². The highest BCUT2D eigenvalue weighted by Crippen LogP contribution is 2.35. The van der Waals surface area contributed by atoms with Gasteiger partial charge in [-0.3, -0.25) is 4.90 Å². The highest BCUT2D eigenvalue weighted by atomic mass is 19.1. The van der Waals surface area contributed by atoms with Crippen molar-refractivity contribution in [2.45, 2.75) is 51.2 Å². The second-order valence-corrected chi connectivity index (χ2v) is 6.17. The van der Waals surface area contributed by atoms with Gasteiger partial charge in [-0.05, 0) is 57.9 Å². The molecule has 3 heteroatoms. The van der Waals surface area contributed by atoms with Crippen LogP contribution in [-0.2, 0) is 0 Å². The molecule has 0 aromatic heterocycles. The predicted octanol–water partition coefficient (Wildman–Crippen LogP) is 3.09. The molecule has 0 saturated carbocycles. The van der Waals surface area contributed by atoms with Crippen molar-refractivity contribution in [2.24, 2.45) is 5.73 Å². The number of nitrogens with zero attached hydrogens (tertiary/aromatic N) is 1. The van der Waals surface area contributed by atoms with Crippen LogP contribution in [0.25, 0.3) is 0 Å². The van der Waals surface area contributed by atoms with Crippen molar-refractivity contribution in [1.82, 2.24) is 4.90 Å². The van der Waals surface area contributed by atoms with E-state index in [1.807, 2.05) is 12.1 Å². The summed E-state index contributed by atoms with van der Waals surface area (Å²) in [6.45, 7) is 7.68. The predicted molar refractivity (Wildman–Crippen MR) is 72.8 cm³/mol. The summed E-state index contributed by atoms with van der Waals surface area (Å²) < 4.78 is 13.0. The third kappa shape index (κ3) is 2.73. The van der Waals surface area contributed by atoms with E-state index in [0.29, 0.717) is 0 Å². The van der Waals surface area contributed by atoms with Crippen molar-refractivity contribution >= 4 is 0 Å². The van der Waals surface area contributed by atoms with Gasteiger partial charge in [0.1, 0.15) is 5.82 Å². The van der Waals surface area contributed by atoms with Crippen molar-refractivity contribution in [2.75, 3.05) is 6.54 Å². The molecule has 1 aromatic carbocycles. The van der Waals surface area contributed by atoms with Crippen molar-refractivity contribution in [1.29, 1.82) is 0 Å². The molecule has 100 valence electrons. The van der Waals surface area contributed by atoms with Crippen LogP contribution in [0.1, 0.15) is 45.2 Å². The summed E-state index contributed by atoms with van der Waals surface area (Å²) in [4.78, 5) is 2.44. The zero-order valence-electron chi connectivity index (χ0n) is 11.5. The molecule has 1 aliphatic rings. The second-order valence-electron chi connectivity index (χ2n) is 6.17. The Kier molecular flexibility index (Phi) is 3.74. The largest absolute Gasteiger partial charge is 0.326 e. The summed E-state index contributed by atoms with van der Waals surface area (Å²) in [5.74, 6) is -0.189. The molecule has 0 radical (unpaired) electrons. The normalized spacial score (nSPS) is 26.3. The van der Waals surface area contributed by atoms with Gasteiger partial charge >= 0.3 is 0 Å². The first-order valence-electron chi connectivity index (χ1n) is 6.67. The van der Waals surface area contributed by atoms with Crippen LogP contribution in [0.15, 0.2) is 24.3 Å². The number of halogens is 1. The van der Waals surface area contributed by atoms with E-state index in [9.17, 15) is 4.39 Å². The number of hydrogen-bond donors (Lipinski definition) is 1. The van der Waals surface area contributed by atoms with Gasteiger partial charge in [0.2, 0.25) is 0 Å². The molecule has 1 heterocycles. The average Bonchev–Trinajstić information content (AvgIpc) is 2.29. The van der Waals surface area contributed by atoms with Gasteiger partial charge in [-0.2, -0.15) is 0 Å². The van der Waals surface area contributed by atoms with E-state index in [4.69, 9.17) is 5.73 Å². The topological polar surface area (TPSA) is 29.3 Å². The minimum Gasteiger partial charge on any atom is -0.326 e. The minimum atomic E-state index is -0.189. The summed E-state index contributed by atoms with van der Waals surface area (Å²) in [6, 6.07) is 7.10. The Morgan fingerprint density at radius 1 is 1.22 bits per heavy atom. The molecule has 2 rings (SSSR count). The molecule has 0 amide bonds. The summed E-state index contributed by atoms with van der Waals surface area (Å²) in [5.41, 5.74) is 7.50. The van der Waals surface area contributed by atoms with E-state index >= 15 is 0 Å². The molecular formula is C15H23FN2. The number of likely N-dealkylation sites (tertiary alicyclic amines) is 1. The van der Waals surface area contributed by atoms with Crippen LogP contribution in [0.2, 0.25) is 0 Å². The fraction of sp³-hybridized carbons (Fsp3) is 0.600. The standard InChI is InChI=1S/C15H23FN2/c1-15(2,3)18-10-4-5-13(17)14(18)11-6-8-12(16)9-7-11/h6-9,13-14H,4-5,10,17H2,1-3H3. The molecule has 18 heavy (non-hydrogen) atoms. The molecule has 1 fully saturated rings. The number of hydrogen-bond acceptors (Lipinski definition) is 2. The molecule has 1 aromatic rings. The Hall–Kier alpha value is -0.930. The molecule has 2 unspecified atom stereocenters. The average molecular weight is 250 g/mol. The van der Waals surface area contributed by atoms with Crippen LogP contribution in [0.4, 0.5) is 4.39 Å². The highest BCUT2D eigenvalue weighted by molar-refractivity contribution is 5.23. The summed E-state index contributed by atoms with van der Waals surface area (Å²) >= 11 is 0. The van der Waals surface area contributed by atoms with Crippen molar-refractivity contribution in [3.8, 4) is 0 Å². The Labute approximate surface area is 109 Å². The van der Waals surface area contributed by atoms with E-state index in [1.54, 1.807) is 0 Å². The van der Waals surface area contributed by atoms with Gasteiger partial charge in [0, 0.05) is 11.6 Å². The van der Waals surface area contributed by atoms with E-state index < -0.39 is 0 Å². The maximum atomic E-state index is 13.0. The van der Waals surface area contributed by atoms with E-state index in [-0.39, 0.29) is 23.4 Å². The highest BCUT2D eigenvalue weighted by Gasteiger charge is 2.36. The van der Waals surface area contributed by atoms with E-state index in [2.05, 4.69) is 25.7 Å². The molecular weight excluding hydrogens is 227 g/mol. The van der Waals surface area contributed by atoms with Crippen molar-refractivity contribution < 1.29 is 4.39 Å². The zero-order chi connectivity index (χ0) is 13.3. The number of piperidine rings is 1. The Bertz CT molecular complexity index is 394. The maximum Gasteiger partial charge on any atom is 0.123 e.